The molecule has 0 spiro atoms. The van der Waals surface area contributed by atoms with Crippen LogP contribution in [0.2, 0.25) is 0 Å². The monoisotopic (exact) mass is 243 g/mol. The van der Waals surface area contributed by atoms with Crippen LogP contribution >= 0.6 is 0 Å². The van der Waals surface area contributed by atoms with Crippen molar-refractivity contribution in [2.75, 3.05) is 0 Å². The van der Waals surface area contributed by atoms with Gasteiger partial charge in [0.15, 0.2) is 0 Å². The highest BCUT2D eigenvalue weighted by Gasteiger charge is 2.15. The molecule has 0 atom stereocenters. The van der Waals surface area contributed by atoms with E-state index in [-0.39, 0.29) is 5.56 Å². The first-order valence-corrected chi connectivity index (χ1v) is 5.54. The highest BCUT2D eigenvalue weighted by atomic mass is 16.4. The molecule has 18 heavy (non-hydrogen) atoms. The van der Waals surface area contributed by atoms with Gasteiger partial charge in [0.05, 0.1) is 5.69 Å². The zero-order chi connectivity index (χ0) is 13.3. The molecule has 0 fully saturated rings. The van der Waals surface area contributed by atoms with Crippen LogP contribution in [-0.2, 0) is 0 Å². The van der Waals surface area contributed by atoms with Gasteiger partial charge < -0.3 is 5.11 Å². The van der Waals surface area contributed by atoms with Crippen LogP contribution < -0.4 is 5.56 Å². The van der Waals surface area contributed by atoms with Crippen molar-refractivity contribution in [2.45, 2.75) is 13.8 Å². The molecule has 1 N–H and O–H groups in total. The van der Waals surface area contributed by atoms with Crippen LogP contribution in [0, 0.1) is 13.8 Å². The Balaban J connectivity index is 2.76. The third-order valence-corrected chi connectivity index (χ3v) is 2.89. The number of aryl methyl sites for hydroxylation is 2. The molecule has 1 aromatic carbocycles. The van der Waals surface area contributed by atoms with Gasteiger partial charge in [-0.3, -0.25) is 9.36 Å². The van der Waals surface area contributed by atoms with Crippen LogP contribution in [-0.4, -0.2) is 15.6 Å². The van der Waals surface area contributed by atoms with Crippen molar-refractivity contribution in [3.8, 4) is 5.69 Å². The number of carbonyl (C=O) groups is 1. The topological polar surface area (TPSA) is 59.3 Å². The summed E-state index contributed by atoms with van der Waals surface area (Å²) in [7, 11) is 0. The molecule has 0 aliphatic carbocycles. The van der Waals surface area contributed by atoms with Gasteiger partial charge >= 0.3 is 5.97 Å². The number of carboxylic acids is 1. The maximum Gasteiger partial charge on any atom is 0.341 e. The highest BCUT2D eigenvalue weighted by molar-refractivity contribution is 5.88. The molecule has 4 nitrogen and oxygen atoms in total. The Bertz CT molecular complexity index is 671. The number of benzene rings is 1. The average Bonchev–Trinajstić information content (AvgIpc) is 2.30. The minimum Gasteiger partial charge on any atom is -0.477 e. The summed E-state index contributed by atoms with van der Waals surface area (Å²) in [5, 5.41) is 9.07. The molecule has 0 aliphatic rings. The number of carboxylic acid groups (broad SMARTS) is 1. The quantitative estimate of drug-likeness (QED) is 0.879. The molecule has 2 aromatic rings. The lowest BCUT2D eigenvalue weighted by molar-refractivity contribution is 0.0694. The summed E-state index contributed by atoms with van der Waals surface area (Å²) in [6.45, 7) is 3.50. The Hall–Kier alpha value is -2.36. The maximum atomic E-state index is 12.2. The van der Waals surface area contributed by atoms with E-state index in [2.05, 4.69) is 0 Å². The van der Waals surface area contributed by atoms with E-state index in [4.69, 9.17) is 5.11 Å². The Morgan fingerprint density at radius 2 is 1.78 bits per heavy atom. The number of nitrogens with zero attached hydrogens (tertiary/aromatic N) is 1. The predicted octanol–water partition coefficient (Wildman–Crippen LogP) is 2.15. The van der Waals surface area contributed by atoms with Gasteiger partial charge in [0.25, 0.3) is 5.56 Å². The molecule has 1 heterocycles. The standard InChI is InChI=1S/C14H13NO3/c1-9-5-3-4-6-11(9)15-8-7-10(2)12(13(15)16)14(17)18/h3-8H,1-2H3,(H,17,18). The van der Waals surface area contributed by atoms with E-state index in [1.54, 1.807) is 25.3 Å². The summed E-state index contributed by atoms with van der Waals surface area (Å²) in [5.41, 5.74) is 1.40. The fourth-order valence-corrected chi connectivity index (χ4v) is 1.91. The molecule has 92 valence electrons. The van der Waals surface area contributed by atoms with Crippen LogP contribution in [0.3, 0.4) is 0 Å². The van der Waals surface area contributed by atoms with Crippen molar-refractivity contribution in [2.24, 2.45) is 0 Å². The lowest BCUT2D eigenvalue weighted by Gasteiger charge is -2.10. The second kappa shape index (κ2) is 4.49. The van der Waals surface area contributed by atoms with Gasteiger partial charge in [0, 0.05) is 6.20 Å². The normalized spacial score (nSPS) is 10.3. The first-order chi connectivity index (χ1) is 8.52. The Morgan fingerprint density at radius 1 is 1.11 bits per heavy atom. The molecule has 0 saturated heterocycles. The number of para-hydroxylation sites is 1. The second-order valence-corrected chi connectivity index (χ2v) is 4.14. The van der Waals surface area contributed by atoms with Gasteiger partial charge in [0.2, 0.25) is 0 Å². The zero-order valence-electron chi connectivity index (χ0n) is 10.2. The smallest absolute Gasteiger partial charge is 0.341 e. The van der Waals surface area contributed by atoms with Crippen molar-refractivity contribution >= 4 is 5.97 Å². The Labute approximate surface area is 104 Å². The molecule has 0 radical (unpaired) electrons. The zero-order valence-corrected chi connectivity index (χ0v) is 10.2. The molecule has 0 aliphatic heterocycles. The van der Waals surface area contributed by atoms with E-state index in [1.165, 1.54) is 4.57 Å². The molecule has 1 aromatic heterocycles. The van der Waals surface area contributed by atoms with Crippen LogP contribution in [0.1, 0.15) is 21.5 Å². The minimum absolute atomic E-state index is 0.180. The average molecular weight is 243 g/mol. The van der Waals surface area contributed by atoms with Crippen molar-refractivity contribution < 1.29 is 9.90 Å². The summed E-state index contributed by atoms with van der Waals surface area (Å²) >= 11 is 0. The number of hydrogen-bond donors (Lipinski definition) is 1. The molecular weight excluding hydrogens is 230 g/mol. The van der Waals surface area contributed by atoms with Gasteiger partial charge in [0.1, 0.15) is 5.56 Å². The van der Waals surface area contributed by atoms with E-state index in [0.29, 0.717) is 11.3 Å². The summed E-state index contributed by atoms with van der Waals surface area (Å²) in [4.78, 5) is 23.3. The van der Waals surface area contributed by atoms with Gasteiger partial charge in [-0.2, -0.15) is 0 Å². The number of rotatable bonds is 2. The summed E-state index contributed by atoms with van der Waals surface area (Å²) in [6.07, 6.45) is 1.60. The fourth-order valence-electron chi connectivity index (χ4n) is 1.91. The summed E-state index contributed by atoms with van der Waals surface area (Å²) < 4.78 is 1.37. The first-order valence-electron chi connectivity index (χ1n) is 5.54. The van der Waals surface area contributed by atoms with Gasteiger partial charge in [-0.05, 0) is 37.1 Å². The Kier molecular flexibility index (Phi) is 3.02. The van der Waals surface area contributed by atoms with Crippen LogP contribution in [0.25, 0.3) is 5.69 Å². The van der Waals surface area contributed by atoms with Crippen molar-refractivity contribution in [1.29, 1.82) is 0 Å². The number of hydrogen-bond acceptors (Lipinski definition) is 2. The molecular formula is C14H13NO3. The van der Waals surface area contributed by atoms with E-state index in [0.717, 1.165) is 5.56 Å². The van der Waals surface area contributed by atoms with E-state index >= 15 is 0 Å². The Morgan fingerprint density at radius 3 is 2.39 bits per heavy atom. The lowest BCUT2D eigenvalue weighted by atomic mass is 10.1. The summed E-state index contributed by atoms with van der Waals surface area (Å²) in [6, 6.07) is 8.99. The summed E-state index contributed by atoms with van der Waals surface area (Å²) in [5.74, 6) is -1.19. The van der Waals surface area contributed by atoms with E-state index < -0.39 is 11.5 Å². The van der Waals surface area contributed by atoms with Gasteiger partial charge in [-0.15, -0.1) is 0 Å². The van der Waals surface area contributed by atoms with Gasteiger partial charge in [-0.1, -0.05) is 18.2 Å². The molecule has 4 heteroatoms. The van der Waals surface area contributed by atoms with Crippen LogP contribution in [0.4, 0.5) is 0 Å². The van der Waals surface area contributed by atoms with Crippen molar-refractivity contribution in [1.82, 2.24) is 4.57 Å². The van der Waals surface area contributed by atoms with Crippen LogP contribution in [0.15, 0.2) is 41.3 Å². The van der Waals surface area contributed by atoms with Crippen molar-refractivity contribution in [3.63, 3.8) is 0 Å². The highest BCUT2D eigenvalue weighted by Crippen LogP contribution is 2.12. The molecule has 0 bridgehead atoms. The molecule has 0 saturated carbocycles. The van der Waals surface area contributed by atoms with Gasteiger partial charge in [-0.25, -0.2) is 4.79 Å². The molecule has 2 rings (SSSR count). The lowest BCUT2D eigenvalue weighted by Crippen LogP contribution is -2.26. The predicted molar refractivity (Wildman–Crippen MR) is 68.5 cm³/mol. The van der Waals surface area contributed by atoms with E-state index in [9.17, 15) is 9.59 Å². The molecule has 0 unspecified atom stereocenters. The van der Waals surface area contributed by atoms with E-state index in [1.807, 2.05) is 25.1 Å². The van der Waals surface area contributed by atoms with Crippen molar-refractivity contribution in [3.05, 3.63) is 63.6 Å². The largest absolute Gasteiger partial charge is 0.477 e. The number of aromatic carboxylic acids is 1. The number of pyridine rings is 1. The maximum absolute atomic E-state index is 12.2. The second-order valence-electron chi connectivity index (χ2n) is 4.14. The van der Waals surface area contributed by atoms with Crippen LogP contribution in [0.5, 0.6) is 0 Å². The molecule has 0 amide bonds. The third kappa shape index (κ3) is 1.93. The third-order valence-electron chi connectivity index (χ3n) is 2.89. The minimum atomic E-state index is -1.19. The number of aromatic nitrogens is 1. The fraction of sp³-hybridized carbons (Fsp3) is 0.143. The SMILES string of the molecule is Cc1ccccc1-n1ccc(C)c(C(=O)O)c1=O. The first kappa shape index (κ1) is 12.1.